The molecule has 2 heterocycles. The van der Waals surface area contributed by atoms with Crippen LogP contribution in [0.1, 0.15) is 18.5 Å². The van der Waals surface area contributed by atoms with Gasteiger partial charge in [-0.2, -0.15) is 5.10 Å². The van der Waals surface area contributed by atoms with E-state index in [1.807, 2.05) is 13.0 Å². The third-order valence-electron chi connectivity index (χ3n) is 2.64. The molecule has 2 aromatic heterocycles. The summed E-state index contributed by atoms with van der Waals surface area (Å²) in [5.74, 6) is 0.489. The number of hydrogen-bond donors (Lipinski definition) is 0. The Labute approximate surface area is 103 Å². The predicted molar refractivity (Wildman–Crippen MR) is 63.5 cm³/mol. The van der Waals surface area contributed by atoms with E-state index in [2.05, 4.69) is 10.1 Å². The summed E-state index contributed by atoms with van der Waals surface area (Å²) in [6.45, 7) is 1.87. The van der Waals surface area contributed by atoms with Crippen LogP contribution in [0.15, 0.2) is 30.7 Å². The van der Waals surface area contributed by atoms with Gasteiger partial charge in [-0.3, -0.25) is 14.8 Å². The van der Waals surface area contributed by atoms with Gasteiger partial charge in [0.1, 0.15) is 12.4 Å². The second-order valence-electron chi connectivity index (χ2n) is 3.71. The first kappa shape index (κ1) is 12.0. The minimum Gasteiger partial charge on any atom is -0.481 e. The molecule has 1 atom stereocenters. The summed E-state index contributed by atoms with van der Waals surface area (Å²) in [4.78, 5) is 14.2. The van der Waals surface area contributed by atoms with Gasteiger partial charge in [-0.15, -0.1) is 0 Å². The molecule has 0 aromatic carbocycles. The van der Waals surface area contributed by atoms with Crippen molar-refractivity contribution in [3.8, 4) is 5.88 Å². The van der Waals surface area contributed by atoms with Crippen molar-refractivity contribution in [3.05, 3.63) is 46.4 Å². The van der Waals surface area contributed by atoms with E-state index in [0.29, 0.717) is 5.88 Å². The second kappa shape index (κ2) is 4.82. The lowest BCUT2D eigenvalue weighted by atomic mass is 10.1. The summed E-state index contributed by atoms with van der Waals surface area (Å²) < 4.78 is 6.67. The molecule has 0 spiro atoms. The largest absolute Gasteiger partial charge is 0.481 e. The molecule has 0 aliphatic rings. The van der Waals surface area contributed by atoms with Crippen molar-refractivity contribution in [2.45, 2.75) is 13.0 Å². The Hall–Kier alpha value is -2.44. The van der Waals surface area contributed by atoms with Crippen LogP contribution in [0.3, 0.4) is 0 Å². The highest BCUT2D eigenvalue weighted by atomic mass is 16.6. The summed E-state index contributed by atoms with van der Waals surface area (Å²) >= 11 is 0. The Bertz CT molecular complexity index is 567. The fourth-order valence-electron chi connectivity index (χ4n) is 1.67. The molecule has 0 aliphatic carbocycles. The van der Waals surface area contributed by atoms with Crippen LogP contribution in [-0.4, -0.2) is 26.8 Å². The molecule has 0 aliphatic heterocycles. The van der Waals surface area contributed by atoms with Gasteiger partial charge in [0, 0.05) is 11.8 Å². The van der Waals surface area contributed by atoms with Crippen molar-refractivity contribution in [2.75, 3.05) is 7.11 Å². The lowest BCUT2D eigenvalue weighted by molar-refractivity contribution is -0.385. The first-order chi connectivity index (χ1) is 8.63. The highest BCUT2D eigenvalue weighted by molar-refractivity contribution is 5.30. The van der Waals surface area contributed by atoms with Gasteiger partial charge in [0.15, 0.2) is 0 Å². The summed E-state index contributed by atoms with van der Waals surface area (Å²) in [5.41, 5.74) is 0.780. The lowest BCUT2D eigenvalue weighted by Gasteiger charge is -2.14. The van der Waals surface area contributed by atoms with Gasteiger partial charge in [0.25, 0.3) is 0 Å². The van der Waals surface area contributed by atoms with Gasteiger partial charge in [0.2, 0.25) is 5.88 Å². The molecule has 0 radical (unpaired) electrons. The Morgan fingerprint density at radius 2 is 2.33 bits per heavy atom. The standard InChI is InChI=1S/C11H12N4O3/c1-8(10-4-3-5-12-11(10)18-2)14-7-9(6-13-14)15(16)17/h3-8H,1-2H3/t8-/m0/s1. The molecule has 7 heteroatoms. The van der Waals surface area contributed by atoms with E-state index in [0.717, 1.165) is 5.56 Å². The van der Waals surface area contributed by atoms with E-state index in [-0.39, 0.29) is 11.7 Å². The van der Waals surface area contributed by atoms with Gasteiger partial charge in [0.05, 0.1) is 18.1 Å². The van der Waals surface area contributed by atoms with Crippen LogP contribution in [0.2, 0.25) is 0 Å². The van der Waals surface area contributed by atoms with Gasteiger partial charge >= 0.3 is 5.69 Å². The molecule has 0 bridgehead atoms. The number of nitro groups is 1. The predicted octanol–water partition coefficient (Wildman–Crippen LogP) is 1.80. The van der Waals surface area contributed by atoms with Gasteiger partial charge in [-0.05, 0) is 19.1 Å². The Balaban J connectivity index is 2.35. The van der Waals surface area contributed by atoms with Crippen molar-refractivity contribution >= 4 is 5.69 Å². The molecular formula is C11H12N4O3. The van der Waals surface area contributed by atoms with Crippen molar-refractivity contribution in [2.24, 2.45) is 0 Å². The summed E-state index contributed by atoms with van der Waals surface area (Å²) in [6, 6.07) is 3.44. The Morgan fingerprint density at radius 3 is 2.94 bits per heavy atom. The fraction of sp³-hybridized carbons (Fsp3) is 0.273. The molecule has 2 rings (SSSR count). The molecule has 0 unspecified atom stereocenters. The molecule has 2 aromatic rings. The molecule has 0 saturated heterocycles. The summed E-state index contributed by atoms with van der Waals surface area (Å²) in [7, 11) is 1.53. The Kier molecular flexibility index (Phi) is 3.22. The van der Waals surface area contributed by atoms with Crippen molar-refractivity contribution in [1.82, 2.24) is 14.8 Å². The van der Waals surface area contributed by atoms with Crippen LogP contribution < -0.4 is 4.74 Å². The Morgan fingerprint density at radius 1 is 1.56 bits per heavy atom. The van der Waals surface area contributed by atoms with E-state index < -0.39 is 4.92 Å². The average molecular weight is 248 g/mol. The lowest BCUT2D eigenvalue weighted by Crippen LogP contribution is -2.09. The third-order valence-corrected chi connectivity index (χ3v) is 2.64. The fourth-order valence-corrected chi connectivity index (χ4v) is 1.67. The second-order valence-corrected chi connectivity index (χ2v) is 3.71. The van der Waals surface area contributed by atoms with Crippen LogP contribution >= 0.6 is 0 Å². The van der Waals surface area contributed by atoms with Crippen LogP contribution in [-0.2, 0) is 0 Å². The average Bonchev–Trinajstić information content (AvgIpc) is 2.87. The molecule has 0 amide bonds. The highest BCUT2D eigenvalue weighted by Crippen LogP contribution is 2.25. The van der Waals surface area contributed by atoms with Crippen molar-refractivity contribution in [3.63, 3.8) is 0 Å². The first-order valence-corrected chi connectivity index (χ1v) is 5.31. The molecule has 7 nitrogen and oxygen atoms in total. The van der Waals surface area contributed by atoms with E-state index in [1.165, 1.54) is 24.2 Å². The summed E-state index contributed by atoms with van der Waals surface area (Å²) in [6.07, 6.45) is 4.23. The van der Waals surface area contributed by atoms with Crippen LogP contribution in [0.5, 0.6) is 5.88 Å². The molecular weight excluding hydrogens is 236 g/mol. The molecule has 94 valence electrons. The van der Waals surface area contributed by atoms with E-state index in [9.17, 15) is 10.1 Å². The van der Waals surface area contributed by atoms with Crippen LogP contribution in [0, 0.1) is 10.1 Å². The zero-order valence-electron chi connectivity index (χ0n) is 9.98. The maximum atomic E-state index is 10.6. The number of nitrogens with zero attached hydrogens (tertiary/aromatic N) is 4. The van der Waals surface area contributed by atoms with Crippen molar-refractivity contribution in [1.29, 1.82) is 0 Å². The van der Waals surface area contributed by atoms with Crippen LogP contribution in [0.25, 0.3) is 0 Å². The minimum atomic E-state index is -0.476. The van der Waals surface area contributed by atoms with Gasteiger partial charge < -0.3 is 4.74 Å². The number of pyridine rings is 1. The maximum absolute atomic E-state index is 10.6. The molecule has 0 N–H and O–H groups in total. The number of aromatic nitrogens is 3. The monoisotopic (exact) mass is 248 g/mol. The molecule has 0 saturated carbocycles. The van der Waals surface area contributed by atoms with E-state index >= 15 is 0 Å². The quantitative estimate of drug-likeness (QED) is 0.608. The van der Waals surface area contributed by atoms with Gasteiger partial charge in [-0.1, -0.05) is 0 Å². The van der Waals surface area contributed by atoms with Gasteiger partial charge in [-0.25, -0.2) is 4.98 Å². The van der Waals surface area contributed by atoms with Crippen LogP contribution in [0.4, 0.5) is 5.69 Å². The number of hydrogen-bond acceptors (Lipinski definition) is 5. The SMILES string of the molecule is COc1ncccc1[C@H](C)n1cc([N+](=O)[O-])cn1. The number of ether oxygens (including phenoxy) is 1. The topological polar surface area (TPSA) is 83.1 Å². The van der Waals surface area contributed by atoms with E-state index in [1.54, 1.807) is 12.3 Å². The zero-order chi connectivity index (χ0) is 13.1. The highest BCUT2D eigenvalue weighted by Gasteiger charge is 2.17. The normalized spacial score (nSPS) is 12.1. The zero-order valence-corrected chi connectivity index (χ0v) is 9.98. The number of methoxy groups -OCH3 is 1. The maximum Gasteiger partial charge on any atom is 0.307 e. The van der Waals surface area contributed by atoms with Crippen molar-refractivity contribution < 1.29 is 9.66 Å². The molecule has 0 fully saturated rings. The van der Waals surface area contributed by atoms with E-state index in [4.69, 9.17) is 4.74 Å². The first-order valence-electron chi connectivity index (χ1n) is 5.31. The number of rotatable bonds is 4. The minimum absolute atomic E-state index is 0.0373. The smallest absolute Gasteiger partial charge is 0.307 e. The third kappa shape index (κ3) is 2.15. The summed E-state index contributed by atoms with van der Waals surface area (Å²) in [5, 5.41) is 14.6. The molecule has 18 heavy (non-hydrogen) atoms.